The Balaban J connectivity index is 2.17. The summed E-state index contributed by atoms with van der Waals surface area (Å²) in [5.74, 6) is 0.450. The Kier molecular flexibility index (Phi) is 5.70. The largest absolute Gasteiger partial charge is 0.280 e. The average molecular weight is 334 g/mol. The molecule has 2 aromatic heterocycles. The van der Waals surface area contributed by atoms with Crippen LogP contribution in [0.1, 0.15) is 24.0 Å². The van der Waals surface area contributed by atoms with Gasteiger partial charge in [0, 0.05) is 18.3 Å². The fourth-order valence-electron chi connectivity index (χ4n) is 1.82. The van der Waals surface area contributed by atoms with Crippen LogP contribution < -0.4 is 5.32 Å². The van der Waals surface area contributed by atoms with E-state index in [9.17, 15) is 0 Å². The Morgan fingerprint density at radius 1 is 1.23 bits per heavy atom. The van der Waals surface area contributed by atoms with Crippen molar-refractivity contribution < 1.29 is 0 Å². The van der Waals surface area contributed by atoms with Crippen molar-refractivity contribution in [1.29, 1.82) is 5.26 Å². The maximum atomic E-state index is 8.90. The van der Waals surface area contributed by atoms with E-state index in [0.29, 0.717) is 22.7 Å². The predicted octanol–water partition coefficient (Wildman–Crippen LogP) is 3.56. The molecule has 0 radical (unpaired) electrons. The maximum absolute atomic E-state index is 8.90. The summed E-state index contributed by atoms with van der Waals surface area (Å²) in [4.78, 5) is 12.5. The molecule has 0 aliphatic heterocycles. The van der Waals surface area contributed by atoms with Gasteiger partial charge in [-0.2, -0.15) is 5.26 Å². The second-order valence-corrected chi connectivity index (χ2v) is 5.34. The lowest BCUT2D eigenvalue weighted by atomic mass is 10.0. The molecule has 1 atom stereocenters. The van der Waals surface area contributed by atoms with Gasteiger partial charge in [0.2, 0.25) is 0 Å². The van der Waals surface area contributed by atoms with Gasteiger partial charge in [0.1, 0.15) is 16.1 Å². The quantitative estimate of drug-likeness (QED) is 0.305. The molecule has 0 bridgehead atoms. The third-order valence-electron chi connectivity index (χ3n) is 3.07. The molecular weight excluding hydrogens is 321 g/mol. The van der Waals surface area contributed by atoms with Gasteiger partial charge in [0.05, 0.1) is 6.54 Å². The fourth-order valence-corrected chi connectivity index (χ4v) is 2.04. The lowest BCUT2D eigenvalue weighted by Gasteiger charge is -2.13. The normalized spacial score (nSPS) is 12.5. The second kappa shape index (κ2) is 7.74. The highest BCUT2D eigenvalue weighted by atomic mass is 35.5. The van der Waals surface area contributed by atoms with Crippen molar-refractivity contribution in [3.05, 3.63) is 58.1 Å². The number of nitrogens with zero attached hydrogens (tertiary/aromatic N) is 4. The standard InChI is InChI=1S/C15H13Cl2N5/c1-10(12-3-5-14(17)20-8-12)15(22-9-18)21-7-11-2-4-13(16)19-6-11/h2-6,8,10H,7H2,1H3,(H,21,22). The lowest BCUT2D eigenvalue weighted by Crippen LogP contribution is -2.24. The molecule has 7 heteroatoms. The van der Waals surface area contributed by atoms with Gasteiger partial charge < -0.3 is 0 Å². The van der Waals surface area contributed by atoms with Crippen LogP contribution >= 0.6 is 23.2 Å². The van der Waals surface area contributed by atoms with Crippen LogP contribution in [0.3, 0.4) is 0 Å². The third kappa shape index (κ3) is 4.42. The van der Waals surface area contributed by atoms with E-state index in [0.717, 1.165) is 11.1 Å². The third-order valence-corrected chi connectivity index (χ3v) is 3.51. The summed E-state index contributed by atoms with van der Waals surface area (Å²) in [5, 5.41) is 12.4. The van der Waals surface area contributed by atoms with Gasteiger partial charge in [-0.15, -0.1) is 0 Å². The molecule has 1 N–H and O–H groups in total. The zero-order valence-corrected chi connectivity index (χ0v) is 13.3. The number of rotatable bonds is 4. The molecule has 5 nitrogen and oxygen atoms in total. The molecule has 2 aromatic rings. The number of aliphatic imine (C=N–C) groups is 1. The van der Waals surface area contributed by atoms with Gasteiger partial charge in [0.25, 0.3) is 0 Å². The van der Waals surface area contributed by atoms with Gasteiger partial charge in [-0.1, -0.05) is 42.3 Å². The van der Waals surface area contributed by atoms with Gasteiger partial charge in [-0.05, 0) is 23.3 Å². The fraction of sp³-hybridized carbons (Fsp3) is 0.200. The number of aromatic nitrogens is 2. The van der Waals surface area contributed by atoms with Crippen molar-refractivity contribution in [2.45, 2.75) is 19.4 Å². The topological polar surface area (TPSA) is 74.0 Å². The molecule has 0 aromatic carbocycles. The minimum absolute atomic E-state index is 0.107. The first-order chi connectivity index (χ1) is 10.6. The van der Waals surface area contributed by atoms with Gasteiger partial charge in [-0.3, -0.25) is 10.3 Å². The minimum Gasteiger partial charge on any atom is -0.280 e. The van der Waals surface area contributed by atoms with Crippen LogP contribution in [0.4, 0.5) is 0 Å². The molecule has 22 heavy (non-hydrogen) atoms. The van der Waals surface area contributed by atoms with E-state index in [1.165, 1.54) is 0 Å². The first-order valence-corrected chi connectivity index (χ1v) is 7.27. The number of hydrogen-bond acceptors (Lipinski definition) is 4. The molecule has 2 rings (SSSR count). The Labute approximate surface area is 138 Å². The van der Waals surface area contributed by atoms with E-state index in [-0.39, 0.29) is 5.92 Å². The zero-order chi connectivity index (χ0) is 15.9. The van der Waals surface area contributed by atoms with Crippen LogP contribution in [0.5, 0.6) is 0 Å². The van der Waals surface area contributed by atoms with Crippen molar-refractivity contribution >= 4 is 29.0 Å². The van der Waals surface area contributed by atoms with E-state index < -0.39 is 0 Å². The van der Waals surface area contributed by atoms with Crippen molar-refractivity contribution in [2.75, 3.05) is 0 Å². The summed E-state index contributed by atoms with van der Waals surface area (Å²) in [6, 6.07) is 7.12. The smallest absolute Gasteiger partial charge is 0.182 e. The molecular formula is C15H13Cl2N5. The molecule has 0 amide bonds. The number of pyridine rings is 2. The number of halogens is 2. The van der Waals surface area contributed by atoms with Crippen LogP contribution in [0.25, 0.3) is 0 Å². The van der Waals surface area contributed by atoms with Crippen LogP contribution in [0.15, 0.2) is 41.7 Å². The summed E-state index contributed by atoms with van der Waals surface area (Å²) in [7, 11) is 0. The Hall–Kier alpha value is -2.16. The number of hydrogen-bond donors (Lipinski definition) is 1. The molecule has 0 fully saturated rings. The first kappa shape index (κ1) is 16.2. The SMILES string of the molecule is CC(C(=NCc1ccc(Cl)nc1)NC#N)c1ccc(Cl)nc1. The summed E-state index contributed by atoms with van der Waals surface area (Å²) in [6.45, 7) is 2.34. The van der Waals surface area contributed by atoms with E-state index in [1.54, 1.807) is 24.5 Å². The van der Waals surface area contributed by atoms with Crippen LogP contribution in [-0.2, 0) is 6.54 Å². The van der Waals surface area contributed by atoms with Crippen molar-refractivity contribution in [2.24, 2.45) is 4.99 Å². The molecule has 112 valence electrons. The van der Waals surface area contributed by atoms with Crippen molar-refractivity contribution in [1.82, 2.24) is 15.3 Å². The maximum Gasteiger partial charge on any atom is 0.182 e. The average Bonchev–Trinajstić information content (AvgIpc) is 2.53. The second-order valence-electron chi connectivity index (χ2n) is 4.56. The predicted molar refractivity (Wildman–Crippen MR) is 86.8 cm³/mol. The van der Waals surface area contributed by atoms with E-state index >= 15 is 0 Å². The Bertz CT molecular complexity index is 689. The molecule has 0 aliphatic rings. The van der Waals surface area contributed by atoms with Crippen molar-refractivity contribution in [3.8, 4) is 6.19 Å². The van der Waals surface area contributed by atoms with E-state index in [2.05, 4.69) is 20.3 Å². The van der Waals surface area contributed by atoms with Crippen LogP contribution in [0, 0.1) is 11.5 Å². The van der Waals surface area contributed by atoms with Crippen LogP contribution in [-0.4, -0.2) is 15.8 Å². The molecule has 2 heterocycles. The summed E-state index contributed by atoms with van der Waals surface area (Å²) in [6.07, 6.45) is 5.24. The number of nitrogens with one attached hydrogen (secondary N) is 1. The Morgan fingerprint density at radius 3 is 2.45 bits per heavy atom. The van der Waals surface area contributed by atoms with Gasteiger partial charge >= 0.3 is 0 Å². The zero-order valence-electron chi connectivity index (χ0n) is 11.8. The monoisotopic (exact) mass is 333 g/mol. The lowest BCUT2D eigenvalue weighted by molar-refractivity contribution is 0.919. The van der Waals surface area contributed by atoms with E-state index in [1.807, 2.05) is 25.2 Å². The van der Waals surface area contributed by atoms with Crippen molar-refractivity contribution in [3.63, 3.8) is 0 Å². The number of nitriles is 1. The summed E-state index contributed by atoms with van der Waals surface area (Å²) < 4.78 is 0. The highest BCUT2D eigenvalue weighted by Gasteiger charge is 2.13. The molecule has 0 aliphatic carbocycles. The molecule has 0 saturated heterocycles. The van der Waals surface area contributed by atoms with Gasteiger partial charge in [0.15, 0.2) is 6.19 Å². The minimum atomic E-state index is -0.107. The summed E-state index contributed by atoms with van der Waals surface area (Å²) >= 11 is 11.5. The molecule has 0 spiro atoms. The molecule has 1 unspecified atom stereocenters. The highest BCUT2D eigenvalue weighted by molar-refractivity contribution is 6.29. The Morgan fingerprint density at radius 2 is 1.91 bits per heavy atom. The first-order valence-electron chi connectivity index (χ1n) is 6.51. The molecule has 0 saturated carbocycles. The van der Waals surface area contributed by atoms with E-state index in [4.69, 9.17) is 28.5 Å². The van der Waals surface area contributed by atoms with Gasteiger partial charge in [-0.25, -0.2) is 9.97 Å². The number of amidine groups is 1. The summed E-state index contributed by atoms with van der Waals surface area (Å²) in [5.41, 5.74) is 1.82. The van der Waals surface area contributed by atoms with Crippen LogP contribution in [0.2, 0.25) is 10.3 Å². The highest BCUT2D eigenvalue weighted by Crippen LogP contribution is 2.17.